The zero-order valence-electron chi connectivity index (χ0n) is 13.4. The lowest BCUT2D eigenvalue weighted by molar-refractivity contribution is -0.146. The molecule has 2 aromatic carbocycles. The summed E-state index contributed by atoms with van der Waals surface area (Å²) in [6.45, 7) is 0. The van der Waals surface area contributed by atoms with Crippen LogP contribution in [0.5, 0.6) is 23.0 Å². The number of ether oxygens (including phenoxy) is 1. The van der Waals surface area contributed by atoms with Crippen molar-refractivity contribution < 1.29 is 39.9 Å². The van der Waals surface area contributed by atoms with Gasteiger partial charge >= 0.3 is 11.9 Å². The maximum atomic E-state index is 11.8. The van der Waals surface area contributed by atoms with E-state index in [0.29, 0.717) is 11.1 Å². The molecule has 0 aliphatic rings. The van der Waals surface area contributed by atoms with E-state index < -0.39 is 18.0 Å². The second-order valence-corrected chi connectivity index (χ2v) is 5.36. The van der Waals surface area contributed by atoms with E-state index in [0.717, 1.165) is 6.08 Å². The predicted octanol–water partition coefficient (Wildman–Crippen LogP) is 1.41. The molecule has 0 heterocycles. The van der Waals surface area contributed by atoms with Gasteiger partial charge in [-0.25, -0.2) is 9.59 Å². The lowest BCUT2D eigenvalue weighted by Gasteiger charge is -2.08. The molecule has 2 rings (SSSR count). The summed E-state index contributed by atoms with van der Waals surface area (Å²) in [5.74, 6) is -3.33. The quantitative estimate of drug-likeness (QED) is 0.225. The van der Waals surface area contributed by atoms with Crippen molar-refractivity contribution in [2.45, 2.75) is 12.5 Å². The molecular formula is C18H16O8. The molecule has 8 nitrogen and oxygen atoms in total. The number of carboxylic acids is 1. The number of aliphatic hydroxyl groups is 1. The second kappa shape index (κ2) is 8.04. The number of hydrogen-bond donors (Lipinski definition) is 5. The second-order valence-electron chi connectivity index (χ2n) is 5.36. The SMILES string of the molecule is O=C(/C=C/c1ccc(O)c(O)c1)Oc1ccc(C[C@@H](O)C(=O)O)cc1O. The first-order valence-electron chi connectivity index (χ1n) is 7.41. The molecule has 0 radical (unpaired) electrons. The Morgan fingerprint density at radius 1 is 1.00 bits per heavy atom. The molecule has 0 saturated heterocycles. The van der Waals surface area contributed by atoms with Gasteiger partial charge in [0, 0.05) is 12.5 Å². The first-order chi connectivity index (χ1) is 12.3. The van der Waals surface area contributed by atoms with Crippen LogP contribution in [-0.2, 0) is 16.0 Å². The molecule has 2 aromatic rings. The Hall–Kier alpha value is -3.52. The number of esters is 1. The van der Waals surface area contributed by atoms with Gasteiger partial charge in [-0.2, -0.15) is 0 Å². The molecule has 0 aliphatic carbocycles. The van der Waals surface area contributed by atoms with Crippen molar-refractivity contribution in [2.75, 3.05) is 0 Å². The van der Waals surface area contributed by atoms with Gasteiger partial charge in [-0.1, -0.05) is 12.1 Å². The molecule has 0 spiro atoms. The van der Waals surface area contributed by atoms with Gasteiger partial charge in [0.05, 0.1) is 0 Å². The number of aromatic hydroxyl groups is 3. The summed E-state index contributed by atoms with van der Waals surface area (Å²) in [5.41, 5.74) is 0.798. The van der Waals surface area contributed by atoms with Gasteiger partial charge in [-0.15, -0.1) is 0 Å². The summed E-state index contributed by atoms with van der Waals surface area (Å²) in [5, 5.41) is 46.4. The number of hydrogen-bond acceptors (Lipinski definition) is 7. The summed E-state index contributed by atoms with van der Waals surface area (Å²) < 4.78 is 4.96. The van der Waals surface area contributed by atoms with Crippen LogP contribution in [0.2, 0.25) is 0 Å². The number of carboxylic acid groups (broad SMARTS) is 1. The van der Waals surface area contributed by atoms with Gasteiger partial charge in [0.1, 0.15) is 0 Å². The van der Waals surface area contributed by atoms with Crippen molar-refractivity contribution >= 4 is 18.0 Å². The standard InChI is InChI=1S/C18H16O8/c19-12-4-1-10(7-13(12)20)3-6-17(23)26-16-5-2-11(8-14(16)21)9-15(22)18(24)25/h1-8,15,19-22H,9H2,(H,24,25)/b6-3+/t15-/m1/s1. The largest absolute Gasteiger partial charge is 0.504 e. The van der Waals surface area contributed by atoms with Crippen molar-refractivity contribution in [1.29, 1.82) is 0 Å². The molecule has 26 heavy (non-hydrogen) atoms. The molecule has 0 saturated carbocycles. The van der Waals surface area contributed by atoms with Crippen LogP contribution in [0.25, 0.3) is 6.08 Å². The fraction of sp³-hybridized carbons (Fsp3) is 0.111. The van der Waals surface area contributed by atoms with Crippen LogP contribution in [0, 0.1) is 0 Å². The van der Waals surface area contributed by atoms with Crippen LogP contribution < -0.4 is 4.74 Å². The maximum absolute atomic E-state index is 11.8. The number of phenolic OH excluding ortho intramolecular Hbond substituents is 3. The minimum Gasteiger partial charge on any atom is -0.504 e. The molecule has 0 amide bonds. The highest BCUT2D eigenvalue weighted by Crippen LogP contribution is 2.28. The smallest absolute Gasteiger partial charge is 0.336 e. The number of carbonyl (C=O) groups is 2. The third kappa shape index (κ3) is 4.99. The summed E-state index contributed by atoms with van der Waals surface area (Å²) in [6.07, 6.45) is 0.595. The van der Waals surface area contributed by atoms with Crippen molar-refractivity contribution in [1.82, 2.24) is 0 Å². The van der Waals surface area contributed by atoms with Crippen molar-refractivity contribution in [3.05, 3.63) is 53.6 Å². The van der Waals surface area contributed by atoms with Crippen molar-refractivity contribution in [2.24, 2.45) is 0 Å². The molecule has 1 atom stereocenters. The van der Waals surface area contributed by atoms with E-state index in [9.17, 15) is 30.0 Å². The molecule has 5 N–H and O–H groups in total. The van der Waals surface area contributed by atoms with Gasteiger partial charge in [0.25, 0.3) is 0 Å². The Balaban J connectivity index is 2.03. The number of rotatable bonds is 6. The van der Waals surface area contributed by atoms with E-state index in [1.165, 1.54) is 42.5 Å². The van der Waals surface area contributed by atoms with Gasteiger partial charge < -0.3 is 30.3 Å². The Morgan fingerprint density at radius 2 is 1.73 bits per heavy atom. The Bertz CT molecular complexity index is 856. The lowest BCUT2D eigenvalue weighted by atomic mass is 10.1. The van der Waals surface area contributed by atoms with E-state index in [2.05, 4.69) is 0 Å². The Kier molecular flexibility index (Phi) is 5.82. The van der Waals surface area contributed by atoms with Crippen LogP contribution in [0.3, 0.4) is 0 Å². The Labute approximate surface area is 147 Å². The molecular weight excluding hydrogens is 344 g/mol. The highest BCUT2D eigenvalue weighted by Gasteiger charge is 2.15. The van der Waals surface area contributed by atoms with E-state index in [1.54, 1.807) is 0 Å². The molecule has 0 aromatic heterocycles. The van der Waals surface area contributed by atoms with Gasteiger partial charge in [-0.05, 0) is 41.5 Å². The highest BCUT2D eigenvalue weighted by molar-refractivity contribution is 5.89. The van der Waals surface area contributed by atoms with Crippen molar-refractivity contribution in [3.63, 3.8) is 0 Å². The van der Waals surface area contributed by atoms with Gasteiger partial charge in [0.15, 0.2) is 29.1 Å². The number of phenols is 3. The van der Waals surface area contributed by atoms with E-state index in [4.69, 9.17) is 9.84 Å². The van der Waals surface area contributed by atoms with Crippen LogP contribution in [0.15, 0.2) is 42.5 Å². The average molecular weight is 360 g/mol. The molecule has 136 valence electrons. The number of carbonyl (C=O) groups excluding carboxylic acids is 1. The zero-order valence-corrected chi connectivity index (χ0v) is 13.4. The van der Waals surface area contributed by atoms with Crippen molar-refractivity contribution in [3.8, 4) is 23.0 Å². The van der Waals surface area contributed by atoms with E-state index >= 15 is 0 Å². The number of aliphatic carboxylic acids is 1. The summed E-state index contributed by atoms with van der Waals surface area (Å²) in [6, 6.07) is 7.86. The predicted molar refractivity (Wildman–Crippen MR) is 89.9 cm³/mol. The fourth-order valence-electron chi connectivity index (χ4n) is 2.04. The van der Waals surface area contributed by atoms with E-state index in [-0.39, 0.29) is 29.4 Å². The number of benzene rings is 2. The first-order valence-corrected chi connectivity index (χ1v) is 7.41. The maximum Gasteiger partial charge on any atom is 0.336 e. The molecule has 0 fully saturated rings. The molecule has 0 bridgehead atoms. The minimum absolute atomic E-state index is 0.137. The summed E-state index contributed by atoms with van der Waals surface area (Å²) in [7, 11) is 0. The molecule has 0 unspecified atom stereocenters. The van der Waals surface area contributed by atoms with Crippen LogP contribution >= 0.6 is 0 Å². The topological polar surface area (TPSA) is 145 Å². The monoisotopic (exact) mass is 360 g/mol. The first kappa shape index (κ1) is 18.8. The van der Waals surface area contributed by atoms with Gasteiger partial charge in [0.2, 0.25) is 0 Å². The van der Waals surface area contributed by atoms with Crippen LogP contribution in [0.1, 0.15) is 11.1 Å². The third-order valence-electron chi connectivity index (χ3n) is 3.36. The molecule has 8 heteroatoms. The summed E-state index contributed by atoms with van der Waals surface area (Å²) >= 11 is 0. The van der Waals surface area contributed by atoms with E-state index in [1.807, 2.05) is 0 Å². The summed E-state index contributed by atoms with van der Waals surface area (Å²) in [4.78, 5) is 22.4. The fourth-order valence-corrected chi connectivity index (χ4v) is 2.04. The highest BCUT2D eigenvalue weighted by atomic mass is 16.5. The zero-order chi connectivity index (χ0) is 19.3. The normalized spacial score (nSPS) is 12.0. The van der Waals surface area contributed by atoms with Crippen LogP contribution in [0.4, 0.5) is 0 Å². The molecule has 0 aliphatic heterocycles. The van der Waals surface area contributed by atoms with Gasteiger partial charge in [-0.3, -0.25) is 0 Å². The Morgan fingerprint density at radius 3 is 2.35 bits per heavy atom. The third-order valence-corrected chi connectivity index (χ3v) is 3.36. The van der Waals surface area contributed by atoms with Crippen LogP contribution in [-0.4, -0.2) is 43.6 Å². The average Bonchev–Trinajstić information content (AvgIpc) is 2.58. The number of aliphatic hydroxyl groups excluding tert-OH is 1. The minimum atomic E-state index is -1.60. The lowest BCUT2D eigenvalue weighted by Crippen LogP contribution is -2.21.